The highest BCUT2D eigenvalue weighted by atomic mass is 16.6. The third-order valence-electron chi connectivity index (χ3n) is 3.75. The van der Waals surface area contributed by atoms with E-state index in [1.54, 1.807) is 42.5 Å². The van der Waals surface area contributed by atoms with Crippen LogP contribution in [0.3, 0.4) is 0 Å². The predicted molar refractivity (Wildman–Crippen MR) is 98.3 cm³/mol. The third kappa shape index (κ3) is 5.14. The maximum absolute atomic E-state index is 12.0. The second-order valence-corrected chi connectivity index (χ2v) is 5.82. The zero-order valence-corrected chi connectivity index (χ0v) is 15.0. The number of para-hydroxylation sites is 1. The van der Waals surface area contributed by atoms with Gasteiger partial charge in [-0.2, -0.15) is 5.26 Å². The van der Waals surface area contributed by atoms with Crippen LogP contribution in [0.1, 0.15) is 12.0 Å². The molecule has 0 spiro atoms. The molecular formula is C20H18N2O6. The molecule has 0 aliphatic carbocycles. The Bertz CT molecular complexity index is 906. The van der Waals surface area contributed by atoms with Crippen LogP contribution in [-0.2, 0) is 14.3 Å². The lowest BCUT2D eigenvalue weighted by Crippen LogP contribution is -2.23. The van der Waals surface area contributed by atoms with Gasteiger partial charge in [-0.15, -0.1) is 0 Å². The molecule has 0 aromatic heterocycles. The van der Waals surface area contributed by atoms with Gasteiger partial charge in [0.1, 0.15) is 11.8 Å². The Kier molecular flexibility index (Phi) is 6.31. The molecule has 0 atom stereocenters. The first-order valence-electron chi connectivity index (χ1n) is 8.63. The molecule has 0 radical (unpaired) electrons. The van der Waals surface area contributed by atoms with Crippen LogP contribution in [0, 0.1) is 11.3 Å². The van der Waals surface area contributed by atoms with Crippen LogP contribution in [0.15, 0.2) is 42.5 Å². The molecule has 0 unspecified atom stereocenters. The van der Waals surface area contributed by atoms with E-state index in [0.717, 1.165) is 6.42 Å². The molecule has 1 aliphatic heterocycles. The number of nitrogens with one attached hydrogen (secondary N) is 1. The number of rotatable bonds is 6. The molecule has 1 N–H and O–H groups in total. The fourth-order valence-corrected chi connectivity index (χ4v) is 2.45. The van der Waals surface area contributed by atoms with E-state index in [-0.39, 0.29) is 5.75 Å². The van der Waals surface area contributed by atoms with Crippen molar-refractivity contribution in [2.45, 2.75) is 6.42 Å². The van der Waals surface area contributed by atoms with Gasteiger partial charge in [0.2, 0.25) is 0 Å². The maximum Gasteiger partial charge on any atom is 0.344 e. The van der Waals surface area contributed by atoms with Gasteiger partial charge in [-0.25, -0.2) is 4.79 Å². The Morgan fingerprint density at radius 1 is 1.07 bits per heavy atom. The minimum absolute atomic E-state index is 0.276. The zero-order chi connectivity index (χ0) is 19.8. The number of carbonyl (C=O) groups excluding carboxylic acids is 2. The fourth-order valence-electron chi connectivity index (χ4n) is 2.45. The van der Waals surface area contributed by atoms with Gasteiger partial charge >= 0.3 is 5.97 Å². The van der Waals surface area contributed by atoms with Crippen molar-refractivity contribution in [3.8, 4) is 23.3 Å². The molecule has 1 amide bonds. The van der Waals surface area contributed by atoms with E-state index in [0.29, 0.717) is 36.0 Å². The number of nitriles is 1. The van der Waals surface area contributed by atoms with E-state index < -0.39 is 25.1 Å². The summed E-state index contributed by atoms with van der Waals surface area (Å²) < 4.78 is 21.2. The summed E-state index contributed by atoms with van der Waals surface area (Å²) in [6, 6.07) is 13.5. The number of amides is 1. The van der Waals surface area contributed by atoms with Crippen LogP contribution >= 0.6 is 0 Å². The average molecular weight is 382 g/mol. The standard InChI is InChI=1S/C20H18N2O6/c21-11-14-4-1-2-5-16(14)27-13-20(24)28-12-19(23)22-15-6-7-17-18(10-15)26-9-3-8-25-17/h1-2,4-7,10H,3,8-9,12-13H2,(H,22,23). The summed E-state index contributed by atoms with van der Waals surface area (Å²) >= 11 is 0. The quantitative estimate of drug-likeness (QED) is 0.764. The predicted octanol–water partition coefficient (Wildman–Crippen LogP) is 2.28. The summed E-state index contributed by atoms with van der Waals surface area (Å²) in [4.78, 5) is 23.7. The van der Waals surface area contributed by atoms with Gasteiger partial charge < -0.3 is 24.3 Å². The van der Waals surface area contributed by atoms with Crippen molar-refractivity contribution in [1.82, 2.24) is 0 Å². The van der Waals surface area contributed by atoms with Gasteiger partial charge in [0.15, 0.2) is 24.7 Å². The Hall–Kier alpha value is -3.73. The van der Waals surface area contributed by atoms with E-state index in [9.17, 15) is 9.59 Å². The lowest BCUT2D eigenvalue weighted by molar-refractivity contribution is -0.149. The number of nitrogens with zero attached hydrogens (tertiary/aromatic N) is 1. The van der Waals surface area contributed by atoms with Gasteiger partial charge in [-0.3, -0.25) is 4.79 Å². The van der Waals surface area contributed by atoms with Crippen molar-refractivity contribution in [2.75, 3.05) is 31.7 Å². The second-order valence-electron chi connectivity index (χ2n) is 5.82. The van der Waals surface area contributed by atoms with Crippen molar-refractivity contribution in [3.05, 3.63) is 48.0 Å². The van der Waals surface area contributed by atoms with Crippen molar-refractivity contribution in [2.24, 2.45) is 0 Å². The minimum atomic E-state index is -0.721. The summed E-state index contributed by atoms with van der Waals surface area (Å²) in [5.74, 6) is 0.231. The van der Waals surface area contributed by atoms with E-state index in [1.165, 1.54) is 0 Å². The van der Waals surface area contributed by atoms with E-state index in [2.05, 4.69) is 5.32 Å². The number of esters is 1. The highest BCUT2D eigenvalue weighted by Gasteiger charge is 2.13. The molecular weight excluding hydrogens is 364 g/mol. The molecule has 0 bridgehead atoms. The fraction of sp³-hybridized carbons (Fsp3) is 0.250. The van der Waals surface area contributed by atoms with Crippen molar-refractivity contribution in [1.29, 1.82) is 5.26 Å². The molecule has 0 fully saturated rings. The largest absolute Gasteiger partial charge is 0.490 e. The first-order chi connectivity index (χ1) is 13.7. The number of anilines is 1. The van der Waals surface area contributed by atoms with Crippen molar-refractivity contribution < 1.29 is 28.5 Å². The van der Waals surface area contributed by atoms with E-state index in [4.69, 9.17) is 24.2 Å². The number of carbonyl (C=O) groups is 2. The number of fused-ring (bicyclic) bond motifs is 1. The van der Waals surface area contributed by atoms with Crippen LogP contribution < -0.4 is 19.5 Å². The van der Waals surface area contributed by atoms with Gasteiger partial charge in [0.25, 0.3) is 5.91 Å². The third-order valence-corrected chi connectivity index (χ3v) is 3.75. The molecule has 1 heterocycles. The van der Waals surface area contributed by atoms with Gasteiger partial charge in [-0.05, 0) is 24.3 Å². The van der Waals surface area contributed by atoms with Crippen LogP contribution in [0.4, 0.5) is 5.69 Å². The Balaban J connectivity index is 1.46. The molecule has 28 heavy (non-hydrogen) atoms. The first kappa shape index (κ1) is 19.0. The Labute approximate surface area is 161 Å². The number of hydrogen-bond donors (Lipinski definition) is 1. The van der Waals surface area contributed by atoms with Crippen molar-refractivity contribution >= 4 is 17.6 Å². The molecule has 2 aromatic rings. The topological polar surface area (TPSA) is 107 Å². The van der Waals surface area contributed by atoms with Gasteiger partial charge in [0.05, 0.1) is 18.8 Å². The van der Waals surface area contributed by atoms with Gasteiger partial charge in [0, 0.05) is 18.2 Å². The average Bonchev–Trinajstić information content (AvgIpc) is 2.96. The van der Waals surface area contributed by atoms with E-state index >= 15 is 0 Å². The lowest BCUT2D eigenvalue weighted by atomic mass is 10.2. The molecule has 2 aromatic carbocycles. The number of ether oxygens (including phenoxy) is 4. The lowest BCUT2D eigenvalue weighted by Gasteiger charge is -2.11. The highest BCUT2D eigenvalue weighted by molar-refractivity contribution is 5.93. The summed E-state index contributed by atoms with van der Waals surface area (Å²) in [7, 11) is 0. The Morgan fingerprint density at radius 3 is 2.68 bits per heavy atom. The smallest absolute Gasteiger partial charge is 0.344 e. The van der Waals surface area contributed by atoms with E-state index in [1.807, 2.05) is 6.07 Å². The van der Waals surface area contributed by atoms with Crippen LogP contribution in [-0.4, -0.2) is 38.3 Å². The number of hydrogen-bond acceptors (Lipinski definition) is 7. The normalized spacial score (nSPS) is 12.2. The van der Waals surface area contributed by atoms with Gasteiger partial charge in [-0.1, -0.05) is 12.1 Å². The monoisotopic (exact) mass is 382 g/mol. The summed E-state index contributed by atoms with van der Waals surface area (Å²) in [5, 5.41) is 11.6. The molecule has 8 nitrogen and oxygen atoms in total. The molecule has 0 saturated heterocycles. The summed E-state index contributed by atoms with van der Waals surface area (Å²) in [6.07, 6.45) is 0.785. The Morgan fingerprint density at radius 2 is 1.86 bits per heavy atom. The summed E-state index contributed by atoms with van der Waals surface area (Å²) in [6.45, 7) is 0.249. The molecule has 1 aliphatic rings. The number of benzene rings is 2. The highest BCUT2D eigenvalue weighted by Crippen LogP contribution is 2.32. The maximum atomic E-state index is 12.0. The molecule has 0 saturated carbocycles. The molecule has 144 valence electrons. The molecule has 8 heteroatoms. The van der Waals surface area contributed by atoms with Crippen LogP contribution in [0.5, 0.6) is 17.2 Å². The molecule has 3 rings (SSSR count). The SMILES string of the molecule is N#Cc1ccccc1OCC(=O)OCC(=O)Nc1ccc2c(c1)OCCCO2. The zero-order valence-electron chi connectivity index (χ0n) is 15.0. The van der Waals surface area contributed by atoms with Crippen LogP contribution in [0.25, 0.3) is 0 Å². The first-order valence-corrected chi connectivity index (χ1v) is 8.63. The van der Waals surface area contributed by atoms with Crippen molar-refractivity contribution in [3.63, 3.8) is 0 Å². The summed E-state index contributed by atoms with van der Waals surface area (Å²) in [5.41, 5.74) is 0.812. The minimum Gasteiger partial charge on any atom is -0.490 e. The van der Waals surface area contributed by atoms with Crippen LogP contribution in [0.2, 0.25) is 0 Å². The second kappa shape index (κ2) is 9.28.